The molecule has 0 spiro atoms. The highest BCUT2D eigenvalue weighted by molar-refractivity contribution is 5.56. The van der Waals surface area contributed by atoms with Gasteiger partial charge in [-0.3, -0.25) is 0 Å². The van der Waals surface area contributed by atoms with Crippen molar-refractivity contribution in [2.45, 2.75) is 19.4 Å². The number of aliphatic hydroxyl groups excluding tert-OH is 1. The Balaban J connectivity index is 2.20. The van der Waals surface area contributed by atoms with Gasteiger partial charge in [-0.1, -0.05) is 17.3 Å². The minimum Gasteiger partial charge on any atom is -0.494 e. The first kappa shape index (κ1) is 13.5. The van der Waals surface area contributed by atoms with E-state index in [2.05, 4.69) is 10.1 Å². The molecule has 0 amide bonds. The van der Waals surface area contributed by atoms with Gasteiger partial charge in [0.2, 0.25) is 5.82 Å². The molecule has 6 nitrogen and oxygen atoms in total. The van der Waals surface area contributed by atoms with Gasteiger partial charge in [0, 0.05) is 5.56 Å². The Hall–Kier alpha value is -1.92. The first-order valence-electron chi connectivity index (χ1n) is 6.19. The second-order valence-electron chi connectivity index (χ2n) is 4.01. The van der Waals surface area contributed by atoms with E-state index in [1.165, 1.54) is 0 Å². The lowest BCUT2D eigenvalue weighted by molar-refractivity contribution is 0.127. The topological polar surface area (TPSA) is 94.4 Å². The Labute approximate surface area is 111 Å². The minimum absolute atomic E-state index is 0.183. The maximum absolute atomic E-state index is 9.72. The van der Waals surface area contributed by atoms with E-state index in [0.717, 1.165) is 11.3 Å². The van der Waals surface area contributed by atoms with Crippen LogP contribution in [0.3, 0.4) is 0 Å². The van der Waals surface area contributed by atoms with Gasteiger partial charge in [0.15, 0.2) is 0 Å². The number of hydrogen-bond donors (Lipinski definition) is 2. The Morgan fingerprint density at radius 1 is 1.47 bits per heavy atom. The van der Waals surface area contributed by atoms with Crippen molar-refractivity contribution >= 4 is 0 Å². The Bertz CT molecular complexity index is 527. The molecule has 0 aliphatic heterocycles. The molecule has 0 saturated carbocycles. The Morgan fingerprint density at radius 3 is 3.05 bits per heavy atom. The van der Waals surface area contributed by atoms with Crippen molar-refractivity contribution in [1.29, 1.82) is 0 Å². The second-order valence-corrected chi connectivity index (χ2v) is 4.01. The molecule has 2 aromatic rings. The summed E-state index contributed by atoms with van der Waals surface area (Å²) in [4.78, 5) is 4.16. The third kappa shape index (κ3) is 3.30. The van der Waals surface area contributed by atoms with E-state index in [9.17, 15) is 5.11 Å². The molecule has 19 heavy (non-hydrogen) atoms. The van der Waals surface area contributed by atoms with Crippen LogP contribution in [-0.2, 0) is 0 Å². The summed E-state index contributed by atoms with van der Waals surface area (Å²) in [6, 6.07) is 7.39. The van der Waals surface area contributed by atoms with Crippen molar-refractivity contribution in [1.82, 2.24) is 10.1 Å². The predicted octanol–water partition coefficient (Wildman–Crippen LogP) is 1.52. The fourth-order valence-corrected chi connectivity index (χ4v) is 1.66. The maximum Gasteiger partial charge on any atom is 0.255 e. The van der Waals surface area contributed by atoms with Crippen molar-refractivity contribution in [2.24, 2.45) is 5.73 Å². The van der Waals surface area contributed by atoms with E-state index in [1.54, 1.807) is 0 Å². The molecule has 0 aliphatic carbocycles. The van der Waals surface area contributed by atoms with Crippen molar-refractivity contribution in [3.8, 4) is 17.1 Å². The number of nitrogens with two attached hydrogens (primary N) is 1. The molecule has 0 bridgehead atoms. The number of aliphatic hydroxyl groups is 1. The molecule has 0 unspecified atom stereocenters. The van der Waals surface area contributed by atoms with Gasteiger partial charge in [0.25, 0.3) is 5.89 Å². The fraction of sp³-hybridized carbons (Fsp3) is 0.385. The van der Waals surface area contributed by atoms with Crippen LogP contribution in [0.2, 0.25) is 0 Å². The highest BCUT2D eigenvalue weighted by Crippen LogP contribution is 2.23. The molecule has 1 aromatic heterocycles. The maximum atomic E-state index is 9.72. The van der Waals surface area contributed by atoms with Crippen molar-refractivity contribution in [2.75, 3.05) is 13.2 Å². The van der Waals surface area contributed by atoms with E-state index >= 15 is 0 Å². The van der Waals surface area contributed by atoms with E-state index in [0.29, 0.717) is 25.4 Å². The van der Waals surface area contributed by atoms with Crippen molar-refractivity contribution in [3.63, 3.8) is 0 Å². The van der Waals surface area contributed by atoms with Crippen LogP contribution < -0.4 is 10.5 Å². The van der Waals surface area contributed by atoms with Gasteiger partial charge in [-0.2, -0.15) is 4.98 Å². The number of benzene rings is 1. The summed E-state index contributed by atoms with van der Waals surface area (Å²) in [5, 5.41) is 13.6. The molecule has 2 rings (SSSR count). The average molecular weight is 263 g/mol. The Kier molecular flexibility index (Phi) is 4.48. The quantitative estimate of drug-likeness (QED) is 0.820. The Morgan fingerprint density at radius 2 is 2.32 bits per heavy atom. The smallest absolute Gasteiger partial charge is 0.255 e. The molecule has 1 heterocycles. The minimum atomic E-state index is -0.818. The number of hydrogen-bond acceptors (Lipinski definition) is 6. The zero-order chi connectivity index (χ0) is 13.7. The van der Waals surface area contributed by atoms with Crippen LogP contribution in [0.4, 0.5) is 0 Å². The van der Waals surface area contributed by atoms with E-state index in [-0.39, 0.29) is 5.89 Å². The first-order valence-corrected chi connectivity index (χ1v) is 6.19. The first-order chi connectivity index (χ1) is 9.24. The van der Waals surface area contributed by atoms with Gasteiger partial charge in [0.05, 0.1) is 6.61 Å². The summed E-state index contributed by atoms with van der Waals surface area (Å²) in [6.07, 6.45) is -0.429. The standard InChI is InChI=1S/C13H17N3O3/c1-2-18-10-5-3-4-9(8-10)12-15-13(19-16-12)11(17)6-7-14/h3-5,8,11,17H,2,6-7,14H2,1H3/t11-/m0/s1. The number of rotatable bonds is 6. The summed E-state index contributed by atoms with van der Waals surface area (Å²) in [6.45, 7) is 2.87. The molecule has 0 radical (unpaired) electrons. The summed E-state index contributed by atoms with van der Waals surface area (Å²) < 4.78 is 10.4. The van der Waals surface area contributed by atoms with E-state index < -0.39 is 6.10 Å². The predicted molar refractivity (Wildman–Crippen MR) is 69.5 cm³/mol. The molecule has 102 valence electrons. The van der Waals surface area contributed by atoms with Crippen molar-refractivity contribution < 1.29 is 14.4 Å². The molecule has 1 aromatic carbocycles. The molecule has 3 N–H and O–H groups in total. The zero-order valence-electron chi connectivity index (χ0n) is 10.7. The van der Waals surface area contributed by atoms with Gasteiger partial charge < -0.3 is 20.1 Å². The van der Waals surface area contributed by atoms with Gasteiger partial charge in [-0.15, -0.1) is 0 Å². The van der Waals surface area contributed by atoms with Crippen LogP contribution in [-0.4, -0.2) is 28.4 Å². The van der Waals surface area contributed by atoms with Crippen molar-refractivity contribution in [3.05, 3.63) is 30.2 Å². The number of nitrogens with zero attached hydrogens (tertiary/aromatic N) is 2. The van der Waals surface area contributed by atoms with Crippen LogP contribution in [0, 0.1) is 0 Å². The van der Waals surface area contributed by atoms with Crippen LogP contribution in [0.1, 0.15) is 25.3 Å². The van der Waals surface area contributed by atoms with E-state index in [4.69, 9.17) is 15.0 Å². The highest BCUT2D eigenvalue weighted by Gasteiger charge is 2.16. The van der Waals surface area contributed by atoms with Crippen LogP contribution in [0.15, 0.2) is 28.8 Å². The monoisotopic (exact) mass is 263 g/mol. The number of ether oxygens (including phenoxy) is 1. The lowest BCUT2D eigenvalue weighted by Crippen LogP contribution is -2.06. The SMILES string of the molecule is CCOc1cccc(-c2noc([C@@H](O)CCN)n2)c1. The highest BCUT2D eigenvalue weighted by atomic mass is 16.5. The van der Waals surface area contributed by atoms with Crippen LogP contribution in [0.5, 0.6) is 5.75 Å². The molecular weight excluding hydrogens is 246 g/mol. The summed E-state index contributed by atoms with van der Waals surface area (Å²) in [7, 11) is 0. The summed E-state index contributed by atoms with van der Waals surface area (Å²) in [5.41, 5.74) is 6.15. The molecule has 0 aliphatic rings. The molecular formula is C13H17N3O3. The lowest BCUT2D eigenvalue weighted by atomic mass is 10.2. The molecule has 6 heteroatoms. The molecule has 0 saturated heterocycles. The third-order valence-electron chi connectivity index (χ3n) is 2.57. The van der Waals surface area contributed by atoms with Gasteiger partial charge in [0.1, 0.15) is 11.9 Å². The van der Waals surface area contributed by atoms with Crippen LogP contribution in [0.25, 0.3) is 11.4 Å². The van der Waals surface area contributed by atoms with Gasteiger partial charge >= 0.3 is 0 Å². The van der Waals surface area contributed by atoms with Gasteiger partial charge in [-0.25, -0.2) is 0 Å². The molecule has 0 fully saturated rings. The lowest BCUT2D eigenvalue weighted by Gasteiger charge is -2.03. The average Bonchev–Trinajstić information content (AvgIpc) is 2.89. The summed E-state index contributed by atoms with van der Waals surface area (Å²) in [5.74, 6) is 1.35. The normalized spacial score (nSPS) is 12.4. The molecule has 1 atom stereocenters. The second kappa shape index (κ2) is 6.31. The largest absolute Gasteiger partial charge is 0.494 e. The van der Waals surface area contributed by atoms with Gasteiger partial charge in [-0.05, 0) is 32.0 Å². The fourth-order valence-electron chi connectivity index (χ4n) is 1.66. The zero-order valence-corrected chi connectivity index (χ0v) is 10.7. The van der Waals surface area contributed by atoms with Crippen LogP contribution >= 0.6 is 0 Å². The van der Waals surface area contributed by atoms with E-state index in [1.807, 2.05) is 31.2 Å². The summed E-state index contributed by atoms with van der Waals surface area (Å²) >= 11 is 0. The number of aromatic nitrogens is 2. The third-order valence-corrected chi connectivity index (χ3v) is 2.57.